The third-order valence-corrected chi connectivity index (χ3v) is 4.62. The maximum absolute atomic E-state index is 12.8. The first-order chi connectivity index (χ1) is 10.5. The van der Waals surface area contributed by atoms with Crippen molar-refractivity contribution in [2.75, 3.05) is 5.32 Å². The molecule has 1 amide bonds. The summed E-state index contributed by atoms with van der Waals surface area (Å²) in [6.45, 7) is 3.81. The molecule has 114 valence electrons. The second-order valence-electron chi connectivity index (χ2n) is 6.27. The number of fused-ring (bicyclic) bond motifs is 1. The van der Waals surface area contributed by atoms with Gasteiger partial charge >= 0.3 is 0 Å². The number of rotatable bonds is 3. The molecule has 0 saturated carbocycles. The van der Waals surface area contributed by atoms with Gasteiger partial charge in [-0.2, -0.15) is 0 Å². The fourth-order valence-electron chi connectivity index (χ4n) is 2.89. The number of aryl methyl sites for hydroxylation is 1. The van der Waals surface area contributed by atoms with Crippen LogP contribution in [0.25, 0.3) is 0 Å². The number of benzene rings is 1. The highest BCUT2D eigenvalue weighted by molar-refractivity contribution is 6.30. The van der Waals surface area contributed by atoms with Gasteiger partial charge in [-0.3, -0.25) is 9.78 Å². The highest BCUT2D eigenvalue weighted by Gasteiger charge is 2.31. The molecule has 3 nitrogen and oxygen atoms in total. The van der Waals surface area contributed by atoms with E-state index < -0.39 is 5.41 Å². The molecular formula is C18H19ClN2O. The standard InChI is InChI=1S/C18H19ClN2O/c1-18(2,13-6-4-7-14(19)9-13)17(22)21-16-11-20-10-12-5-3-8-15(12)16/h4,6-7,9-11H,3,5,8H2,1-2H3,(H,21,22). The number of aromatic nitrogens is 1. The molecule has 4 heteroatoms. The van der Waals surface area contributed by atoms with Gasteiger partial charge in [0.2, 0.25) is 5.91 Å². The van der Waals surface area contributed by atoms with Gasteiger partial charge in [0, 0.05) is 11.2 Å². The summed E-state index contributed by atoms with van der Waals surface area (Å²) in [5.41, 5.74) is 3.56. The largest absolute Gasteiger partial charge is 0.324 e. The average Bonchev–Trinajstić information content (AvgIpc) is 2.96. The Morgan fingerprint density at radius 1 is 1.27 bits per heavy atom. The molecule has 1 aliphatic rings. The fourth-order valence-corrected chi connectivity index (χ4v) is 3.08. The van der Waals surface area contributed by atoms with Crippen LogP contribution in [-0.2, 0) is 23.1 Å². The molecule has 0 unspecified atom stereocenters. The summed E-state index contributed by atoms with van der Waals surface area (Å²) in [4.78, 5) is 17.0. The summed E-state index contributed by atoms with van der Waals surface area (Å²) in [7, 11) is 0. The van der Waals surface area contributed by atoms with E-state index in [0.717, 1.165) is 30.5 Å². The van der Waals surface area contributed by atoms with Crippen molar-refractivity contribution in [2.45, 2.75) is 38.5 Å². The van der Waals surface area contributed by atoms with Crippen LogP contribution >= 0.6 is 11.6 Å². The number of carbonyl (C=O) groups excluding carboxylic acids is 1. The minimum atomic E-state index is -0.660. The van der Waals surface area contributed by atoms with Gasteiger partial charge in [-0.25, -0.2) is 0 Å². The summed E-state index contributed by atoms with van der Waals surface area (Å²) >= 11 is 6.05. The van der Waals surface area contributed by atoms with E-state index in [2.05, 4.69) is 10.3 Å². The maximum atomic E-state index is 12.8. The molecular weight excluding hydrogens is 296 g/mol. The molecule has 22 heavy (non-hydrogen) atoms. The van der Waals surface area contributed by atoms with Gasteiger partial charge in [0.25, 0.3) is 0 Å². The van der Waals surface area contributed by atoms with E-state index >= 15 is 0 Å². The molecule has 0 saturated heterocycles. The molecule has 0 aliphatic heterocycles. The van der Waals surface area contributed by atoms with Crippen molar-refractivity contribution in [3.8, 4) is 0 Å². The predicted octanol–water partition coefficient (Wildman–Crippen LogP) is 4.14. The molecule has 1 aliphatic carbocycles. The number of hydrogen-bond acceptors (Lipinski definition) is 2. The van der Waals surface area contributed by atoms with E-state index in [1.54, 1.807) is 6.20 Å². The number of amides is 1. The molecule has 1 aromatic carbocycles. The first-order valence-corrected chi connectivity index (χ1v) is 7.89. The van der Waals surface area contributed by atoms with E-state index in [0.29, 0.717) is 5.02 Å². The van der Waals surface area contributed by atoms with Crippen LogP contribution in [0.2, 0.25) is 5.02 Å². The van der Waals surface area contributed by atoms with Gasteiger partial charge < -0.3 is 5.32 Å². The number of halogens is 1. The van der Waals surface area contributed by atoms with E-state index in [-0.39, 0.29) is 5.91 Å². The predicted molar refractivity (Wildman–Crippen MR) is 89.4 cm³/mol. The number of carbonyl (C=O) groups is 1. The van der Waals surface area contributed by atoms with Crippen LogP contribution in [0, 0.1) is 0 Å². The van der Waals surface area contributed by atoms with Crippen LogP contribution < -0.4 is 5.32 Å². The van der Waals surface area contributed by atoms with Crippen molar-refractivity contribution in [1.82, 2.24) is 4.98 Å². The van der Waals surface area contributed by atoms with E-state index in [4.69, 9.17) is 11.6 Å². The second kappa shape index (κ2) is 5.73. The highest BCUT2D eigenvalue weighted by atomic mass is 35.5. The number of nitrogens with zero attached hydrogens (tertiary/aromatic N) is 1. The molecule has 0 radical (unpaired) electrons. The molecule has 0 atom stereocenters. The van der Waals surface area contributed by atoms with Crippen molar-refractivity contribution < 1.29 is 4.79 Å². The average molecular weight is 315 g/mol. The lowest BCUT2D eigenvalue weighted by molar-refractivity contribution is -0.120. The van der Waals surface area contributed by atoms with E-state index in [1.165, 1.54) is 11.1 Å². The third kappa shape index (κ3) is 2.73. The molecule has 0 bridgehead atoms. The number of hydrogen-bond donors (Lipinski definition) is 1. The minimum absolute atomic E-state index is 0.0446. The van der Waals surface area contributed by atoms with E-state index in [9.17, 15) is 4.79 Å². The van der Waals surface area contributed by atoms with E-state index in [1.807, 2.05) is 44.3 Å². The van der Waals surface area contributed by atoms with Gasteiger partial charge in [-0.1, -0.05) is 23.7 Å². The lowest BCUT2D eigenvalue weighted by atomic mass is 9.83. The fraction of sp³-hybridized carbons (Fsp3) is 0.333. The SMILES string of the molecule is CC(C)(C(=O)Nc1cncc2c1CCC2)c1cccc(Cl)c1. The van der Waals surface area contributed by atoms with Gasteiger partial charge in [-0.15, -0.1) is 0 Å². The zero-order chi connectivity index (χ0) is 15.7. The second-order valence-corrected chi connectivity index (χ2v) is 6.70. The summed E-state index contributed by atoms with van der Waals surface area (Å²) in [6.07, 6.45) is 6.83. The lowest BCUT2D eigenvalue weighted by Crippen LogP contribution is -2.35. The monoisotopic (exact) mass is 314 g/mol. The molecule has 1 N–H and O–H groups in total. The Morgan fingerprint density at radius 2 is 2.09 bits per heavy atom. The van der Waals surface area contributed by atoms with Gasteiger partial charge in [0.15, 0.2) is 0 Å². The van der Waals surface area contributed by atoms with Crippen molar-refractivity contribution in [3.05, 3.63) is 58.4 Å². The first-order valence-electron chi connectivity index (χ1n) is 7.52. The van der Waals surface area contributed by atoms with Crippen LogP contribution in [0.3, 0.4) is 0 Å². The number of pyridine rings is 1. The molecule has 1 heterocycles. The van der Waals surface area contributed by atoms with Crippen LogP contribution in [0.15, 0.2) is 36.7 Å². The quantitative estimate of drug-likeness (QED) is 0.925. The Bertz CT molecular complexity index is 725. The van der Waals surface area contributed by atoms with Gasteiger partial charge in [0.05, 0.1) is 17.3 Å². The molecule has 2 aromatic rings. The zero-order valence-electron chi connectivity index (χ0n) is 12.8. The Morgan fingerprint density at radius 3 is 2.86 bits per heavy atom. The zero-order valence-corrected chi connectivity index (χ0v) is 13.6. The Kier molecular flexibility index (Phi) is 3.92. The Hall–Kier alpha value is -1.87. The Labute approximate surface area is 135 Å². The topological polar surface area (TPSA) is 42.0 Å². The minimum Gasteiger partial charge on any atom is -0.324 e. The first kappa shape index (κ1) is 15.0. The van der Waals surface area contributed by atoms with Crippen LogP contribution in [-0.4, -0.2) is 10.9 Å². The lowest BCUT2D eigenvalue weighted by Gasteiger charge is -2.25. The van der Waals surface area contributed by atoms with Gasteiger partial charge in [-0.05, 0) is 61.9 Å². The normalized spacial score (nSPS) is 13.8. The third-order valence-electron chi connectivity index (χ3n) is 4.38. The number of nitrogens with one attached hydrogen (secondary N) is 1. The van der Waals surface area contributed by atoms with Gasteiger partial charge in [0.1, 0.15) is 0 Å². The van der Waals surface area contributed by atoms with Crippen LogP contribution in [0.5, 0.6) is 0 Å². The summed E-state index contributed by atoms with van der Waals surface area (Å²) in [5, 5.41) is 3.70. The summed E-state index contributed by atoms with van der Waals surface area (Å²) in [5.74, 6) is -0.0446. The van der Waals surface area contributed by atoms with Crippen LogP contribution in [0.4, 0.5) is 5.69 Å². The van der Waals surface area contributed by atoms with Crippen LogP contribution in [0.1, 0.15) is 37.0 Å². The molecule has 0 spiro atoms. The molecule has 0 fully saturated rings. The maximum Gasteiger partial charge on any atom is 0.234 e. The van der Waals surface area contributed by atoms with Crippen molar-refractivity contribution in [2.24, 2.45) is 0 Å². The number of anilines is 1. The molecule has 1 aromatic heterocycles. The van der Waals surface area contributed by atoms with Crippen molar-refractivity contribution in [3.63, 3.8) is 0 Å². The smallest absolute Gasteiger partial charge is 0.234 e. The van der Waals surface area contributed by atoms with Crippen molar-refractivity contribution >= 4 is 23.2 Å². The summed E-state index contributed by atoms with van der Waals surface area (Å²) < 4.78 is 0. The highest BCUT2D eigenvalue weighted by Crippen LogP contribution is 2.31. The molecule has 3 rings (SSSR count). The van der Waals surface area contributed by atoms with Crippen molar-refractivity contribution in [1.29, 1.82) is 0 Å². The Balaban J connectivity index is 1.87. The summed E-state index contributed by atoms with van der Waals surface area (Å²) in [6, 6.07) is 7.45.